The Morgan fingerprint density at radius 1 is 1.15 bits per heavy atom. The first-order valence-corrected chi connectivity index (χ1v) is 16.3. The minimum atomic E-state index is -0.713. The van der Waals surface area contributed by atoms with Gasteiger partial charge in [-0.25, -0.2) is 4.39 Å². The van der Waals surface area contributed by atoms with Gasteiger partial charge in [0.15, 0.2) is 0 Å². The molecular formula is C34H39ClFN7O3. The number of carbonyl (C=O) groups is 1. The first-order valence-electron chi connectivity index (χ1n) is 15.9. The van der Waals surface area contributed by atoms with Crippen LogP contribution in [0.3, 0.4) is 0 Å². The summed E-state index contributed by atoms with van der Waals surface area (Å²) in [5.74, 6) is 0.481. The van der Waals surface area contributed by atoms with E-state index in [1.807, 2.05) is 18.2 Å². The predicted molar refractivity (Wildman–Crippen MR) is 176 cm³/mol. The third kappa shape index (κ3) is 6.89. The summed E-state index contributed by atoms with van der Waals surface area (Å²) in [4.78, 5) is 31.1. The molecule has 242 valence electrons. The minimum absolute atomic E-state index is 0.0851. The van der Waals surface area contributed by atoms with Crippen molar-refractivity contribution in [2.24, 2.45) is 0 Å². The maximum absolute atomic E-state index is 12.8. The number of carbonyl (C=O) groups excluding carboxylic acids is 1. The highest BCUT2D eigenvalue weighted by molar-refractivity contribution is 6.36. The highest BCUT2D eigenvalue weighted by Crippen LogP contribution is 2.37. The summed E-state index contributed by atoms with van der Waals surface area (Å²) in [7, 11) is 0. The number of anilines is 2. The van der Waals surface area contributed by atoms with E-state index in [4.69, 9.17) is 31.0 Å². The van der Waals surface area contributed by atoms with Crippen molar-refractivity contribution in [2.75, 3.05) is 75.5 Å². The zero-order chi connectivity index (χ0) is 32.0. The van der Waals surface area contributed by atoms with E-state index >= 15 is 0 Å². The molecule has 3 aliphatic heterocycles. The summed E-state index contributed by atoms with van der Waals surface area (Å²) in [6.45, 7) is 7.67. The van der Waals surface area contributed by atoms with Crippen LogP contribution in [0.2, 0.25) is 5.02 Å². The maximum Gasteiger partial charge on any atom is 0.318 e. The second-order valence-corrected chi connectivity index (χ2v) is 12.2. The van der Waals surface area contributed by atoms with Crippen molar-refractivity contribution in [3.05, 3.63) is 64.8 Å². The molecular weight excluding hydrogens is 609 g/mol. The van der Waals surface area contributed by atoms with Crippen LogP contribution in [0, 0.1) is 11.3 Å². The fraction of sp³-hybridized carbons (Fsp3) is 0.471. The number of aromatic nitrogens is 2. The fourth-order valence-electron chi connectivity index (χ4n) is 6.65. The Kier molecular flexibility index (Phi) is 10.2. The van der Waals surface area contributed by atoms with E-state index in [9.17, 15) is 14.4 Å². The largest absolute Gasteiger partial charge is 0.461 e. The van der Waals surface area contributed by atoms with Crippen LogP contribution in [0.15, 0.2) is 48.6 Å². The van der Waals surface area contributed by atoms with Gasteiger partial charge in [-0.05, 0) is 36.6 Å². The van der Waals surface area contributed by atoms with Crippen molar-refractivity contribution in [3.63, 3.8) is 0 Å². The second kappa shape index (κ2) is 14.6. The van der Waals surface area contributed by atoms with Crippen LogP contribution in [0.1, 0.15) is 24.6 Å². The first kappa shape index (κ1) is 32.0. The molecule has 1 aromatic heterocycles. The summed E-state index contributed by atoms with van der Waals surface area (Å²) in [6.07, 6.45) is 3.22. The maximum atomic E-state index is 12.8. The molecule has 10 nitrogen and oxygen atoms in total. The number of fused-ring (bicyclic) bond motifs is 2. The van der Waals surface area contributed by atoms with Crippen LogP contribution in [0.5, 0.6) is 6.01 Å². The van der Waals surface area contributed by atoms with Crippen molar-refractivity contribution >= 4 is 39.8 Å². The lowest BCUT2D eigenvalue weighted by Crippen LogP contribution is -2.55. The number of piperazine rings is 1. The first-order chi connectivity index (χ1) is 22.5. The molecule has 6 rings (SSSR count). The Morgan fingerprint density at radius 3 is 2.80 bits per heavy atom. The highest BCUT2D eigenvalue weighted by Gasteiger charge is 2.34. The van der Waals surface area contributed by atoms with Crippen LogP contribution in [0.4, 0.5) is 15.9 Å². The van der Waals surface area contributed by atoms with Crippen molar-refractivity contribution in [3.8, 4) is 12.1 Å². The topological polar surface area (TPSA) is 98.1 Å². The van der Waals surface area contributed by atoms with Gasteiger partial charge < -0.3 is 24.2 Å². The van der Waals surface area contributed by atoms with Crippen molar-refractivity contribution in [1.82, 2.24) is 19.8 Å². The number of hydrogen-bond donors (Lipinski definition) is 0. The molecule has 46 heavy (non-hydrogen) atoms. The summed E-state index contributed by atoms with van der Waals surface area (Å²) in [6, 6.07) is 14.3. The zero-order valence-corrected chi connectivity index (χ0v) is 26.8. The van der Waals surface area contributed by atoms with E-state index in [0.717, 1.165) is 59.7 Å². The van der Waals surface area contributed by atoms with Crippen LogP contribution in [-0.2, 0) is 22.5 Å². The van der Waals surface area contributed by atoms with Gasteiger partial charge in [0.05, 0.1) is 42.4 Å². The van der Waals surface area contributed by atoms with Crippen molar-refractivity contribution in [2.45, 2.75) is 38.5 Å². The predicted octanol–water partition coefficient (Wildman–Crippen LogP) is 4.40. The lowest BCUT2D eigenvalue weighted by atomic mass is 10.0. The van der Waals surface area contributed by atoms with Gasteiger partial charge in [-0.2, -0.15) is 15.2 Å². The number of morpholine rings is 1. The van der Waals surface area contributed by atoms with E-state index in [2.05, 4.69) is 45.9 Å². The standard InChI is InChI=1S/C34H39ClFN7O3/c1-2-40-18-19-45-26(21-40)23-46-34-38-29-22-41(30-9-4-7-24-6-3-8-28(35)32(24)30)15-12-27(29)33(39-34)42-16-17-43(25(20-42)11-14-37)31(44)10-5-13-36/h3-10,25-26H,2,11-13,15-23H2,1H3/b10-5+/t25-,26?/m0/s1. The summed E-state index contributed by atoms with van der Waals surface area (Å²) >= 11 is 6.70. The molecule has 0 N–H and O–H groups in total. The number of hydrogen-bond acceptors (Lipinski definition) is 9. The van der Waals surface area contributed by atoms with E-state index < -0.39 is 6.67 Å². The van der Waals surface area contributed by atoms with Gasteiger partial charge in [0.25, 0.3) is 0 Å². The number of amides is 1. The Labute approximate surface area is 273 Å². The van der Waals surface area contributed by atoms with Gasteiger partial charge in [0.1, 0.15) is 25.2 Å². The molecule has 3 aliphatic rings. The average Bonchev–Trinajstić information content (AvgIpc) is 3.09. The van der Waals surface area contributed by atoms with Crippen LogP contribution in [-0.4, -0.2) is 104 Å². The smallest absolute Gasteiger partial charge is 0.318 e. The molecule has 0 radical (unpaired) electrons. The molecule has 4 heterocycles. The van der Waals surface area contributed by atoms with Gasteiger partial charge in [-0.1, -0.05) is 42.8 Å². The summed E-state index contributed by atoms with van der Waals surface area (Å²) in [5.41, 5.74) is 2.96. The van der Waals surface area contributed by atoms with E-state index in [0.29, 0.717) is 50.8 Å². The van der Waals surface area contributed by atoms with Gasteiger partial charge in [0.2, 0.25) is 5.91 Å². The van der Waals surface area contributed by atoms with Crippen LogP contribution in [0.25, 0.3) is 10.8 Å². The van der Waals surface area contributed by atoms with Gasteiger partial charge in [-0.3, -0.25) is 9.69 Å². The van der Waals surface area contributed by atoms with Gasteiger partial charge >= 0.3 is 6.01 Å². The number of nitriles is 1. The van der Waals surface area contributed by atoms with Gasteiger partial charge in [0, 0.05) is 62.0 Å². The number of allylic oxidation sites excluding steroid dienone is 1. The molecule has 0 bridgehead atoms. The van der Waals surface area contributed by atoms with E-state index in [-0.39, 0.29) is 30.5 Å². The number of alkyl halides is 1. The molecule has 0 aliphatic carbocycles. The summed E-state index contributed by atoms with van der Waals surface area (Å²) < 4.78 is 24.9. The monoisotopic (exact) mass is 647 g/mol. The zero-order valence-electron chi connectivity index (χ0n) is 26.1. The molecule has 1 amide bonds. The minimum Gasteiger partial charge on any atom is -0.461 e. The Bertz CT molecular complexity index is 1630. The number of likely N-dealkylation sites (N-methyl/N-ethyl adjacent to an activating group) is 1. The quantitative estimate of drug-likeness (QED) is 0.313. The Balaban J connectivity index is 1.31. The molecule has 0 saturated carbocycles. The molecule has 1 unspecified atom stereocenters. The second-order valence-electron chi connectivity index (χ2n) is 11.8. The van der Waals surface area contributed by atoms with E-state index in [1.165, 1.54) is 12.2 Å². The van der Waals surface area contributed by atoms with Crippen LogP contribution < -0.4 is 14.5 Å². The number of benzene rings is 2. The van der Waals surface area contributed by atoms with Crippen LogP contribution >= 0.6 is 11.6 Å². The molecule has 12 heteroatoms. The molecule has 2 fully saturated rings. The van der Waals surface area contributed by atoms with E-state index in [1.54, 1.807) is 4.90 Å². The lowest BCUT2D eigenvalue weighted by Gasteiger charge is -2.42. The van der Waals surface area contributed by atoms with Crippen molar-refractivity contribution in [1.29, 1.82) is 5.26 Å². The van der Waals surface area contributed by atoms with Gasteiger partial charge in [-0.15, -0.1) is 0 Å². The molecule has 2 saturated heterocycles. The molecule has 2 aromatic carbocycles. The molecule has 2 atom stereocenters. The number of rotatable bonds is 9. The number of halogens is 2. The third-order valence-corrected chi connectivity index (χ3v) is 9.32. The Hall–Kier alpha value is -3.98. The third-order valence-electron chi connectivity index (χ3n) is 9.01. The molecule has 3 aromatic rings. The average molecular weight is 648 g/mol. The Morgan fingerprint density at radius 2 is 2.00 bits per heavy atom. The fourth-order valence-corrected chi connectivity index (χ4v) is 6.93. The normalized spacial score (nSPS) is 20.6. The SMILES string of the molecule is CCN1CCOC(COc2nc3c(c(N4CCN(C(=O)/C=C/CF)[C@@H](CC#N)C4)n2)CCN(c2cccc4cccc(Cl)c24)C3)C1. The highest BCUT2D eigenvalue weighted by atomic mass is 35.5. The number of ether oxygens (including phenoxy) is 2. The number of nitrogens with zero attached hydrogens (tertiary/aromatic N) is 7. The lowest BCUT2D eigenvalue weighted by molar-refractivity contribution is -0.128. The summed E-state index contributed by atoms with van der Waals surface area (Å²) in [5, 5.41) is 12.4. The molecule has 0 spiro atoms. The van der Waals surface area contributed by atoms with Crippen molar-refractivity contribution < 1.29 is 18.7 Å².